The Morgan fingerprint density at radius 2 is 1.74 bits per heavy atom. The maximum atomic E-state index is 12.7. The Bertz CT molecular complexity index is 929. The third kappa shape index (κ3) is 4.67. The molecule has 0 aliphatic rings. The van der Waals surface area contributed by atoms with Gasteiger partial charge in [-0.1, -0.05) is 46.3 Å². The van der Waals surface area contributed by atoms with Crippen LogP contribution in [0.5, 0.6) is 0 Å². The third-order valence-corrected chi connectivity index (χ3v) is 5.26. The van der Waals surface area contributed by atoms with E-state index in [9.17, 15) is 4.79 Å². The summed E-state index contributed by atoms with van der Waals surface area (Å²) in [5.74, 6) is -0.114. The molecule has 0 bridgehead atoms. The molecule has 27 heavy (non-hydrogen) atoms. The quantitative estimate of drug-likeness (QED) is 0.614. The van der Waals surface area contributed by atoms with Crippen molar-refractivity contribution < 1.29 is 4.79 Å². The second kappa shape index (κ2) is 8.55. The number of rotatable bonds is 6. The first-order valence-electron chi connectivity index (χ1n) is 8.91. The molecule has 0 unspecified atom stereocenters. The van der Waals surface area contributed by atoms with Crippen molar-refractivity contribution >= 4 is 27.5 Å². The van der Waals surface area contributed by atoms with Crippen LogP contribution in [0.2, 0.25) is 0 Å². The lowest BCUT2D eigenvalue weighted by Gasteiger charge is -2.11. The van der Waals surface area contributed by atoms with Crippen LogP contribution in [0.25, 0.3) is 11.3 Å². The van der Waals surface area contributed by atoms with Crippen LogP contribution in [-0.4, -0.2) is 36.0 Å². The molecule has 1 aromatic heterocycles. The van der Waals surface area contributed by atoms with E-state index in [1.54, 1.807) is 0 Å². The van der Waals surface area contributed by atoms with E-state index in [2.05, 4.69) is 52.4 Å². The van der Waals surface area contributed by atoms with Gasteiger partial charge in [-0.2, -0.15) is 0 Å². The van der Waals surface area contributed by atoms with E-state index in [0.717, 1.165) is 34.4 Å². The molecular formula is C22H24BrN3O. The number of benzene rings is 2. The second-order valence-corrected chi connectivity index (χ2v) is 7.70. The number of halogens is 1. The van der Waals surface area contributed by atoms with Gasteiger partial charge in [0.15, 0.2) is 0 Å². The minimum Gasteiger partial charge on any atom is -0.340 e. The molecular weight excluding hydrogens is 402 g/mol. The van der Waals surface area contributed by atoms with Gasteiger partial charge in [0.2, 0.25) is 0 Å². The van der Waals surface area contributed by atoms with E-state index < -0.39 is 0 Å². The summed E-state index contributed by atoms with van der Waals surface area (Å²) in [6.07, 6.45) is 0.994. The van der Waals surface area contributed by atoms with Gasteiger partial charge in [0.25, 0.3) is 5.91 Å². The molecule has 0 fully saturated rings. The van der Waals surface area contributed by atoms with Crippen molar-refractivity contribution in [1.29, 1.82) is 0 Å². The Labute approximate surface area is 168 Å². The van der Waals surface area contributed by atoms with Gasteiger partial charge >= 0.3 is 0 Å². The molecule has 5 heteroatoms. The number of hydrogen-bond acceptors (Lipinski definition) is 2. The molecule has 0 aliphatic heterocycles. The molecule has 3 rings (SSSR count). The van der Waals surface area contributed by atoms with Crippen LogP contribution in [0.4, 0.5) is 5.69 Å². The topological polar surface area (TPSA) is 37.3 Å². The lowest BCUT2D eigenvalue weighted by Crippen LogP contribution is -2.16. The first-order valence-corrected chi connectivity index (χ1v) is 9.70. The van der Waals surface area contributed by atoms with Gasteiger partial charge in [-0.05, 0) is 56.4 Å². The Hall–Kier alpha value is -2.37. The van der Waals surface area contributed by atoms with Crippen molar-refractivity contribution in [3.8, 4) is 11.3 Å². The number of carbonyl (C=O) groups is 1. The zero-order chi connectivity index (χ0) is 19.4. The molecule has 0 atom stereocenters. The number of aromatic nitrogens is 1. The van der Waals surface area contributed by atoms with Crippen molar-refractivity contribution in [3.05, 3.63) is 76.4 Å². The molecule has 2 aromatic carbocycles. The predicted octanol–water partition coefficient (Wildman–Crippen LogP) is 4.81. The SMILES string of the molecule is CN(C)CCc1ccc(NC(=O)c2ccc(-c3ccccc3Br)n2C)cc1. The monoisotopic (exact) mass is 425 g/mol. The molecule has 0 spiro atoms. The lowest BCUT2D eigenvalue weighted by molar-refractivity contribution is 0.101. The maximum Gasteiger partial charge on any atom is 0.272 e. The number of anilines is 1. The Morgan fingerprint density at radius 3 is 2.41 bits per heavy atom. The number of likely N-dealkylation sites (N-methyl/N-ethyl adjacent to an activating group) is 1. The highest BCUT2D eigenvalue weighted by Crippen LogP contribution is 2.29. The minimum atomic E-state index is -0.114. The summed E-state index contributed by atoms with van der Waals surface area (Å²) in [6.45, 7) is 1.01. The largest absolute Gasteiger partial charge is 0.340 e. The zero-order valence-electron chi connectivity index (χ0n) is 15.9. The summed E-state index contributed by atoms with van der Waals surface area (Å²) in [5, 5.41) is 2.99. The second-order valence-electron chi connectivity index (χ2n) is 6.85. The van der Waals surface area contributed by atoms with Crippen LogP contribution >= 0.6 is 15.9 Å². The average Bonchev–Trinajstić information content (AvgIpc) is 3.03. The van der Waals surface area contributed by atoms with E-state index in [1.807, 2.05) is 60.1 Å². The van der Waals surface area contributed by atoms with E-state index in [0.29, 0.717) is 5.69 Å². The number of nitrogens with one attached hydrogen (secondary N) is 1. The molecule has 1 N–H and O–H groups in total. The number of amides is 1. The van der Waals surface area contributed by atoms with Crippen LogP contribution in [0.1, 0.15) is 16.1 Å². The van der Waals surface area contributed by atoms with E-state index in [4.69, 9.17) is 0 Å². The van der Waals surface area contributed by atoms with E-state index >= 15 is 0 Å². The fourth-order valence-electron chi connectivity index (χ4n) is 2.98. The predicted molar refractivity (Wildman–Crippen MR) is 115 cm³/mol. The average molecular weight is 426 g/mol. The number of nitrogens with zero attached hydrogens (tertiary/aromatic N) is 2. The standard InChI is InChI=1S/C22H24BrN3O/c1-25(2)15-14-16-8-10-17(11-9-16)24-22(27)21-13-12-20(26(21)3)18-6-4-5-7-19(18)23/h4-13H,14-15H2,1-3H3,(H,24,27). The van der Waals surface area contributed by atoms with Crippen LogP contribution in [0, 0.1) is 0 Å². The van der Waals surface area contributed by atoms with Crippen LogP contribution in [-0.2, 0) is 13.5 Å². The fraction of sp³-hybridized carbons (Fsp3) is 0.227. The molecule has 1 heterocycles. The molecule has 4 nitrogen and oxygen atoms in total. The molecule has 3 aromatic rings. The third-order valence-electron chi connectivity index (χ3n) is 4.56. The Kier molecular flexibility index (Phi) is 6.14. The van der Waals surface area contributed by atoms with Crippen LogP contribution in [0.15, 0.2) is 65.1 Å². The van der Waals surface area contributed by atoms with Crippen LogP contribution < -0.4 is 5.32 Å². The molecule has 140 valence electrons. The van der Waals surface area contributed by atoms with Crippen molar-refractivity contribution in [2.75, 3.05) is 26.0 Å². The van der Waals surface area contributed by atoms with Crippen molar-refractivity contribution in [2.24, 2.45) is 7.05 Å². The smallest absolute Gasteiger partial charge is 0.272 e. The molecule has 1 amide bonds. The molecule has 0 saturated carbocycles. The molecule has 0 radical (unpaired) electrons. The highest BCUT2D eigenvalue weighted by atomic mass is 79.9. The van der Waals surface area contributed by atoms with Gasteiger partial charge in [-0.15, -0.1) is 0 Å². The van der Waals surface area contributed by atoms with Gasteiger partial charge < -0.3 is 14.8 Å². The normalized spacial score (nSPS) is 11.0. The van der Waals surface area contributed by atoms with Crippen LogP contribution in [0.3, 0.4) is 0 Å². The summed E-state index contributed by atoms with van der Waals surface area (Å²) < 4.78 is 2.92. The molecule has 0 aliphatic carbocycles. The fourth-order valence-corrected chi connectivity index (χ4v) is 3.47. The first kappa shape index (κ1) is 19.4. The van der Waals surface area contributed by atoms with Crippen molar-refractivity contribution in [1.82, 2.24) is 9.47 Å². The lowest BCUT2D eigenvalue weighted by atomic mass is 10.1. The van der Waals surface area contributed by atoms with Gasteiger partial charge in [0, 0.05) is 35.0 Å². The summed E-state index contributed by atoms with van der Waals surface area (Å²) >= 11 is 3.58. The van der Waals surface area contributed by atoms with Gasteiger partial charge in [0.05, 0.1) is 0 Å². The summed E-state index contributed by atoms with van der Waals surface area (Å²) in [6, 6.07) is 19.9. The van der Waals surface area contributed by atoms with Gasteiger partial charge in [-0.3, -0.25) is 4.79 Å². The maximum absolute atomic E-state index is 12.7. The minimum absolute atomic E-state index is 0.114. The summed E-state index contributed by atoms with van der Waals surface area (Å²) in [7, 11) is 6.04. The zero-order valence-corrected chi connectivity index (χ0v) is 17.5. The Morgan fingerprint density at radius 1 is 1.04 bits per heavy atom. The number of carbonyl (C=O) groups excluding carboxylic acids is 1. The molecule has 0 saturated heterocycles. The van der Waals surface area contributed by atoms with Gasteiger partial charge in [0.1, 0.15) is 5.69 Å². The first-order chi connectivity index (χ1) is 13.0. The summed E-state index contributed by atoms with van der Waals surface area (Å²) in [4.78, 5) is 14.9. The van der Waals surface area contributed by atoms with Crippen molar-refractivity contribution in [2.45, 2.75) is 6.42 Å². The Balaban J connectivity index is 1.73. The summed E-state index contributed by atoms with van der Waals surface area (Å²) in [5.41, 5.74) is 4.74. The highest BCUT2D eigenvalue weighted by molar-refractivity contribution is 9.10. The number of hydrogen-bond donors (Lipinski definition) is 1. The van der Waals surface area contributed by atoms with Crippen molar-refractivity contribution in [3.63, 3.8) is 0 Å². The van der Waals surface area contributed by atoms with Gasteiger partial charge in [-0.25, -0.2) is 0 Å². The highest BCUT2D eigenvalue weighted by Gasteiger charge is 2.15. The van der Waals surface area contributed by atoms with E-state index in [1.165, 1.54) is 5.56 Å². The van der Waals surface area contributed by atoms with E-state index in [-0.39, 0.29) is 5.91 Å².